The Bertz CT molecular complexity index is 1340. The Kier molecular flexibility index (Phi) is 8.13. The summed E-state index contributed by atoms with van der Waals surface area (Å²) in [5, 5.41) is 26.1. The van der Waals surface area contributed by atoms with Crippen LogP contribution in [0, 0.1) is 34.1 Å². The predicted molar refractivity (Wildman–Crippen MR) is 130 cm³/mol. The van der Waals surface area contributed by atoms with E-state index in [2.05, 4.69) is 10.5 Å². The fourth-order valence-corrected chi connectivity index (χ4v) is 3.05. The van der Waals surface area contributed by atoms with Gasteiger partial charge in [0.15, 0.2) is 18.1 Å². The molecule has 3 aromatic rings. The van der Waals surface area contributed by atoms with Gasteiger partial charge in [-0.25, -0.2) is 5.43 Å². The number of hydrogen-bond donors (Lipinski definition) is 1. The van der Waals surface area contributed by atoms with Gasteiger partial charge >= 0.3 is 5.69 Å². The van der Waals surface area contributed by atoms with Gasteiger partial charge in [0.1, 0.15) is 5.75 Å². The van der Waals surface area contributed by atoms with E-state index in [0.29, 0.717) is 11.3 Å². The number of hydrazone groups is 1. The fourth-order valence-electron chi connectivity index (χ4n) is 3.05. The molecule has 0 aliphatic heterocycles. The normalized spacial score (nSPS) is 10.6. The standard InChI is InChI=1S/C24H22N4O8/c1-15-5-4-6-20(16(15)2)35-14-24(29)26-25-13-17-7-9-22(23(11-17)34-3)36-21-10-8-18(27(30)31)12-19(21)28(32)33/h4-13H,14H2,1-3H3,(H,26,29)/b25-13-. The highest BCUT2D eigenvalue weighted by Crippen LogP contribution is 2.38. The number of carbonyl (C=O) groups excluding carboxylic acids is 1. The minimum atomic E-state index is -0.775. The van der Waals surface area contributed by atoms with Gasteiger partial charge in [0.2, 0.25) is 5.75 Å². The van der Waals surface area contributed by atoms with Gasteiger partial charge in [-0.05, 0) is 60.9 Å². The van der Waals surface area contributed by atoms with Crippen LogP contribution in [-0.2, 0) is 4.79 Å². The molecule has 1 amide bonds. The molecule has 0 unspecified atom stereocenters. The zero-order chi connectivity index (χ0) is 26.2. The van der Waals surface area contributed by atoms with Crippen LogP contribution in [0.25, 0.3) is 0 Å². The Hall–Kier alpha value is -5.00. The highest BCUT2D eigenvalue weighted by Gasteiger charge is 2.22. The molecule has 0 saturated carbocycles. The van der Waals surface area contributed by atoms with Gasteiger partial charge in [-0.3, -0.25) is 25.0 Å². The molecule has 0 radical (unpaired) electrons. The van der Waals surface area contributed by atoms with Crippen molar-refractivity contribution in [1.29, 1.82) is 0 Å². The Morgan fingerprint density at radius 3 is 2.42 bits per heavy atom. The lowest BCUT2D eigenvalue weighted by Crippen LogP contribution is -2.24. The van der Waals surface area contributed by atoms with E-state index >= 15 is 0 Å². The number of nitrogens with zero attached hydrogens (tertiary/aromatic N) is 3. The highest BCUT2D eigenvalue weighted by atomic mass is 16.6. The first-order valence-electron chi connectivity index (χ1n) is 10.5. The number of nitro groups is 2. The van der Waals surface area contributed by atoms with Crippen molar-refractivity contribution in [2.24, 2.45) is 5.10 Å². The fraction of sp³-hybridized carbons (Fsp3) is 0.167. The number of aryl methyl sites for hydroxylation is 1. The minimum Gasteiger partial charge on any atom is -0.493 e. The summed E-state index contributed by atoms with van der Waals surface area (Å²) in [6, 6.07) is 13.2. The molecule has 12 nitrogen and oxygen atoms in total. The molecule has 3 rings (SSSR count). The van der Waals surface area contributed by atoms with Crippen molar-refractivity contribution in [3.63, 3.8) is 0 Å². The van der Waals surface area contributed by atoms with Crippen LogP contribution in [0.15, 0.2) is 59.7 Å². The molecule has 0 spiro atoms. The van der Waals surface area contributed by atoms with Crippen LogP contribution in [0.2, 0.25) is 0 Å². The molecule has 0 bridgehead atoms. The van der Waals surface area contributed by atoms with Crippen molar-refractivity contribution in [3.8, 4) is 23.0 Å². The maximum absolute atomic E-state index is 12.0. The molecule has 186 valence electrons. The number of nitrogens with one attached hydrogen (secondary N) is 1. The number of non-ortho nitro benzene ring substituents is 1. The summed E-state index contributed by atoms with van der Waals surface area (Å²) >= 11 is 0. The second-order valence-electron chi connectivity index (χ2n) is 7.46. The smallest absolute Gasteiger partial charge is 0.318 e. The van der Waals surface area contributed by atoms with E-state index in [4.69, 9.17) is 14.2 Å². The van der Waals surface area contributed by atoms with E-state index in [9.17, 15) is 25.0 Å². The Morgan fingerprint density at radius 1 is 0.972 bits per heavy atom. The molecule has 36 heavy (non-hydrogen) atoms. The van der Waals surface area contributed by atoms with Crippen molar-refractivity contribution in [1.82, 2.24) is 5.43 Å². The summed E-state index contributed by atoms with van der Waals surface area (Å²) < 4.78 is 16.4. The van der Waals surface area contributed by atoms with E-state index in [1.807, 2.05) is 26.0 Å². The maximum atomic E-state index is 12.0. The first kappa shape index (κ1) is 25.6. The molecular formula is C24H22N4O8. The monoisotopic (exact) mass is 494 g/mol. The summed E-state index contributed by atoms with van der Waals surface area (Å²) in [4.78, 5) is 32.8. The number of nitro benzene ring substituents is 2. The molecule has 3 aromatic carbocycles. The first-order chi connectivity index (χ1) is 17.2. The van der Waals surface area contributed by atoms with Gasteiger partial charge in [-0.1, -0.05) is 12.1 Å². The summed E-state index contributed by atoms with van der Waals surface area (Å²) in [5.41, 5.74) is 3.90. The largest absolute Gasteiger partial charge is 0.493 e. The maximum Gasteiger partial charge on any atom is 0.318 e. The van der Waals surface area contributed by atoms with Crippen LogP contribution >= 0.6 is 0 Å². The number of rotatable bonds is 10. The van der Waals surface area contributed by atoms with Crippen molar-refractivity contribution < 1.29 is 28.9 Å². The predicted octanol–water partition coefficient (Wildman–Crippen LogP) is 4.45. The van der Waals surface area contributed by atoms with Crippen LogP contribution < -0.4 is 19.6 Å². The van der Waals surface area contributed by atoms with Crippen molar-refractivity contribution in [3.05, 3.63) is 91.5 Å². The molecule has 0 saturated heterocycles. The molecule has 0 fully saturated rings. The summed E-state index contributed by atoms with van der Waals surface area (Å²) in [6.45, 7) is 3.64. The van der Waals surface area contributed by atoms with E-state index < -0.39 is 27.1 Å². The third kappa shape index (κ3) is 6.32. The third-order valence-corrected chi connectivity index (χ3v) is 5.07. The summed E-state index contributed by atoms with van der Waals surface area (Å²) in [6.07, 6.45) is 1.37. The van der Waals surface area contributed by atoms with Crippen LogP contribution in [0.5, 0.6) is 23.0 Å². The number of hydrogen-bond acceptors (Lipinski definition) is 9. The second kappa shape index (κ2) is 11.4. The van der Waals surface area contributed by atoms with Crippen molar-refractivity contribution >= 4 is 23.5 Å². The molecular weight excluding hydrogens is 472 g/mol. The number of carbonyl (C=O) groups is 1. The molecule has 0 heterocycles. The topological polar surface area (TPSA) is 155 Å². The molecule has 1 N–H and O–H groups in total. The number of ether oxygens (including phenoxy) is 3. The van der Waals surface area contributed by atoms with Crippen LogP contribution in [0.3, 0.4) is 0 Å². The van der Waals surface area contributed by atoms with Crippen molar-refractivity contribution in [2.75, 3.05) is 13.7 Å². The van der Waals surface area contributed by atoms with E-state index in [-0.39, 0.29) is 23.9 Å². The van der Waals surface area contributed by atoms with Gasteiger partial charge in [0, 0.05) is 6.07 Å². The lowest BCUT2D eigenvalue weighted by molar-refractivity contribution is -0.394. The number of methoxy groups -OCH3 is 1. The molecule has 0 aliphatic rings. The van der Waals surface area contributed by atoms with E-state index in [1.165, 1.54) is 25.5 Å². The van der Waals surface area contributed by atoms with Gasteiger partial charge in [0.05, 0.1) is 29.2 Å². The number of amides is 1. The molecule has 0 aliphatic carbocycles. The van der Waals surface area contributed by atoms with Gasteiger partial charge in [-0.2, -0.15) is 5.10 Å². The minimum absolute atomic E-state index is 0.137. The Labute approximate surface area is 205 Å². The second-order valence-corrected chi connectivity index (χ2v) is 7.46. The molecule has 0 aromatic heterocycles. The average Bonchev–Trinajstić information content (AvgIpc) is 2.85. The SMILES string of the molecule is COc1cc(/C=N\NC(=O)COc2cccc(C)c2C)ccc1Oc1ccc([N+](=O)[O-])cc1[N+](=O)[O-]. The average molecular weight is 494 g/mol. The molecule has 0 atom stereocenters. The summed E-state index contributed by atoms with van der Waals surface area (Å²) in [7, 11) is 1.37. The van der Waals surface area contributed by atoms with E-state index in [1.54, 1.807) is 12.1 Å². The van der Waals surface area contributed by atoms with Gasteiger partial charge < -0.3 is 14.2 Å². The first-order valence-corrected chi connectivity index (χ1v) is 10.5. The Morgan fingerprint density at radius 2 is 1.72 bits per heavy atom. The zero-order valence-electron chi connectivity index (χ0n) is 19.6. The molecule has 12 heteroatoms. The van der Waals surface area contributed by atoms with Crippen molar-refractivity contribution in [2.45, 2.75) is 13.8 Å². The summed E-state index contributed by atoms with van der Waals surface area (Å²) in [5.74, 6) is 0.322. The lowest BCUT2D eigenvalue weighted by atomic mass is 10.1. The highest BCUT2D eigenvalue weighted by molar-refractivity contribution is 5.83. The lowest BCUT2D eigenvalue weighted by Gasteiger charge is -2.11. The van der Waals surface area contributed by atoms with Crippen LogP contribution in [0.1, 0.15) is 16.7 Å². The zero-order valence-corrected chi connectivity index (χ0v) is 19.6. The van der Waals surface area contributed by atoms with Crippen LogP contribution in [0.4, 0.5) is 11.4 Å². The third-order valence-electron chi connectivity index (χ3n) is 5.07. The quantitative estimate of drug-likeness (QED) is 0.246. The van der Waals surface area contributed by atoms with E-state index in [0.717, 1.165) is 29.3 Å². The van der Waals surface area contributed by atoms with Gasteiger partial charge in [-0.15, -0.1) is 0 Å². The van der Waals surface area contributed by atoms with Gasteiger partial charge in [0.25, 0.3) is 11.6 Å². The van der Waals surface area contributed by atoms with Crippen LogP contribution in [-0.4, -0.2) is 35.7 Å². The Balaban J connectivity index is 1.66. The number of benzene rings is 3.